The monoisotopic (exact) mass is 142 g/mol. The molecule has 4 heteroatoms. The van der Waals surface area contributed by atoms with Crippen molar-refractivity contribution in [3.05, 3.63) is 0 Å². The van der Waals surface area contributed by atoms with Gasteiger partial charge in [0.25, 0.3) is 0 Å². The largest absolute Gasteiger partial charge is 0.365 e. The molecule has 2 fully saturated rings. The summed E-state index contributed by atoms with van der Waals surface area (Å²) in [4.78, 5) is 2.20. The van der Waals surface area contributed by atoms with Gasteiger partial charge in [0, 0.05) is 19.6 Å². The molecule has 2 rings (SSSR count). The van der Waals surface area contributed by atoms with Gasteiger partial charge >= 0.3 is 0 Å². The normalized spacial score (nSPS) is 30.0. The lowest BCUT2D eigenvalue weighted by molar-refractivity contribution is 0.0996. The second-order valence-electron chi connectivity index (χ2n) is 2.58. The van der Waals surface area contributed by atoms with Crippen molar-refractivity contribution in [1.29, 1.82) is 0 Å². The maximum absolute atomic E-state index is 5.20. The Labute approximate surface area is 60.5 Å². The Morgan fingerprint density at radius 1 is 1.60 bits per heavy atom. The quantitative estimate of drug-likeness (QED) is 0.498. The van der Waals surface area contributed by atoms with Gasteiger partial charge in [0.05, 0.1) is 6.61 Å². The number of hydrogen-bond donors (Lipinski definition) is 1. The smallest absolute Gasteiger partial charge is 0.132 e. The number of nitrogens with one attached hydrogen (secondary N) is 1. The van der Waals surface area contributed by atoms with Crippen molar-refractivity contribution in [3.8, 4) is 0 Å². The van der Waals surface area contributed by atoms with E-state index in [0.717, 1.165) is 33.0 Å². The van der Waals surface area contributed by atoms with Crippen LogP contribution in [0.4, 0.5) is 0 Å². The van der Waals surface area contributed by atoms with Crippen molar-refractivity contribution in [3.63, 3.8) is 0 Å². The lowest BCUT2D eigenvalue weighted by Gasteiger charge is -2.19. The third kappa shape index (κ3) is 1.15. The zero-order valence-corrected chi connectivity index (χ0v) is 5.92. The summed E-state index contributed by atoms with van der Waals surface area (Å²) in [5, 5.41) is 7.63. The van der Waals surface area contributed by atoms with Crippen LogP contribution in [-0.4, -0.2) is 44.2 Å². The highest BCUT2D eigenvalue weighted by atomic mass is 16.5. The highest BCUT2D eigenvalue weighted by molar-refractivity contribution is 4.74. The van der Waals surface area contributed by atoms with E-state index in [4.69, 9.17) is 4.74 Å². The number of rotatable bonds is 1. The summed E-state index contributed by atoms with van der Waals surface area (Å²) in [5.41, 5.74) is 0. The third-order valence-corrected chi connectivity index (χ3v) is 1.87. The van der Waals surface area contributed by atoms with Crippen molar-refractivity contribution in [2.24, 2.45) is 0 Å². The van der Waals surface area contributed by atoms with Crippen LogP contribution in [0.5, 0.6) is 0 Å². The molecule has 2 heterocycles. The fourth-order valence-electron chi connectivity index (χ4n) is 1.31. The lowest BCUT2D eigenvalue weighted by atomic mass is 10.6. The Morgan fingerprint density at radius 2 is 2.60 bits per heavy atom. The standard InChI is InChI=1S/C6H12N3O/c1-2-8-6(7-1)9-3-4-10-5-9/h6-7H,1-5H2. The molecule has 2 aliphatic rings. The molecule has 1 radical (unpaired) electrons. The predicted octanol–water partition coefficient (Wildman–Crippen LogP) is -1.23. The molecule has 57 valence electrons. The molecule has 2 saturated heterocycles. The summed E-state index contributed by atoms with van der Waals surface area (Å²) < 4.78 is 5.20. The third-order valence-electron chi connectivity index (χ3n) is 1.87. The SMILES string of the molecule is C1CNC(N2CCOC2)[N]1. The molecule has 4 nitrogen and oxygen atoms in total. The van der Waals surface area contributed by atoms with Crippen LogP contribution < -0.4 is 10.6 Å². The average Bonchev–Trinajstić information content (AvgIpc) is 2.59. The van der Waals surface area contributed by atoms with E-state index in [2.05, 4.69) is 15.5 Å². The topological polar surface area (TPSA) is 38.6 Å². The number of nitrogens with zero attached hydrogens (tertiary/aromatic N) is 2. The second-order valence-corrected chi connectivity index (χ2v) is 2.58. The zero-order chi connectivity index (χ0) is 6.81. The first-order valence-electron chi connectivity index (χ1n) is 3.68. The van der Waals surface area contributed by atoms with E-state index in [9.17, 15) is 0 Å². The van der Waals surface area contributed by atoms with Gasteiger partial charge in [-0.2, -0.15) is 0 Å². The van der Waals surface area contributed by atoms with Crippen molar-refractivity contribution < 1.29 is 4.74 Å². The van der Waals surface area contributed by atoms with Gasteiger partial charge in [-0.25, -0.2) is 10.2 Å². The van der Waals surface area contributed by atoms with E-state index in [0.29, 0.717) is 0 Å². The first-order chi connectivity index (χ1) is 4.97. The summed E-state index contributed by atoms with van der Waals surface area (Å²) in [6, 6.07) is 0. The first kappa shape index (κ1) is 6.54. The molecular formula is C6H12N3O. The summed E-state index contributed by atoms with van der Waals surface area (Å²) in [6.45, 7) is 4.57. The molecular weight excluding hydrogens is 130 g/mol. The van der Waals surface area contributed by atoms with Crippen LogP contribution in [0.25, 0.3) is 0 Å². The fourth-order valence-corrected chi connectivity index (χ4v) is 1.31. The molecule has 0 aromatic carbocycles. The van der Waals surface area contributed by atoms with Gasteiger partial charge < -0.3 is 4.74 Å². The van der Waals surface area contributed by atoms with Crippen LogP contribution in [0.15, 0.2) is 0 Å². The maximum atomic E-state index is 5.20. The Morgan fingerprint density at radius 3 is 3.20 bits per heavy atom. The summed E-state index contributed by atoms with van der Waals surface area (Å²) >= 11 is 0. The van der Waals surface area contributed by atoms with E-state index >= 15 is 0 Å². The summed E-state index contributed by atoms with van der Waals surface area (Å²) in [7, 11) is 0. The minimum absolute atomic E-state index is 0.238. The molecule has 10 heavy (non-hydrogen) atoms. The second kappa shape index (κ2) is 2.84. The molecule has 2 aliphatic heterocycles. The van der Waals surface area contributed by atoms with Gasteiger partial charge in [-0.15, -0.1) is 0 Å². The molecule has 0 bridgehead atoms. The minimum atomic E-state index is 0.238. The Kier molecular flexibility index (Phi) is 1.86. The summed E-state index contributed by atoms with van der Waals surface area (Å²) in [5.74, 6) is 0. The Bertz CT molecular complexity index is 93.6. The molecule has 1 atom stereocenters. The van der Waals surface area contributed by atoms with E-state index in [1.54, 1.807) is 0 Å². The van der Waals surface area contributed by atoms with Crippen LogP contribution in [0.2, 0.25) is 0 Å². The first-order valence-corrected chi connectivity index (χ1v) is 3.68. The lowest BCUT2D eigenvalue weighted by Crippen LogP contribution is -2.44. The van der Waals surface area contributed by atoms with Gasteiger partial charge in [0.1, 0.15) is 13.0 Å². The van der Waals surface area contributed by atoms with Crippen molar-refractivity contribution in [1.82, 2.24) is 15.5 Å². The molecule has 0 aromatic rings. The highest BCUT2D eigenvalue weighted by Gasteiger charge is 2.24. The molecule has 1 N–H and O–H groups in total. The van der Waals surface area contributed by atoms with E-state index < -0.39 is 0 Å². The van der Waals surface area contributed by atoms with Gasteiger partial charge in [0.2, 0.25) is 0 Å². The average molecular weight is 142 g/mol. The summed E-state index contributed by atoms with van der Waals surface area (Å²) in [6.07, 6.45) is 0.238. The van der Waals surface area contributed by atoms with E-state index in [-0.39, 0.29) is 6.29 Å². The van der Waals surface area contributed by atoms with E-state index in [1.807, 2.05) is 0 Å². The van der Waals surface area contributed by atoms with Crippen LogP contribution in [0, 0.1) is 0 Å². The number of hydrogen-bond acceptors (Lipinski definition) is 3. The molecule has 0 aliphatic carbocycles. The van der Waals surface area contributed by atoms with Crippen LogP contribution in [0.1, 0.15) is 0 Å². The Balaban J connectivity index is 1.85. The highest BCUT2D eigenvalue weighted by Crippen LogP contribution is 2.03. The minimum Gasteiger partial charge on any atom is -0.365 e. The van der Waals surface area contributed by atoms with E-state index in [1.165, 1.54) is 0 Å². The van der Waals surface area contributed by atoms with Crippen molar-refractivity contribution in [2.75, 3.05) is 33.0 Å². The van der Waals surface area contributed by atoms with Gasteiger partial charge in [0.15, 0.2) is 0 Å². The van der Waals surface area contributed by atoms with Gasteiger partial charge in [-0.3, -0.25) is 5.32 Å². The molecule has 0 saturated carbocycles. The van der Waals surface area contributed by atoms with Gasteiger partial charge in [-0.1, -0.05) is 0 Å². The molecule has 1 unspecified atom stereocenters. The molecule has 0 amide bonds. The van der Waals surface area contributed by atoms with Gasteiger partial charge in [-0.05, 0) is 0 Å². The molecule has 0 aromatic heterocycles. The maximum Gasteiger partial charge on any atom is 0.132 e. The zero-order valence-electron chi connectivity index (χ0n) is 5.92. The fraction of sp³-hybridized carbons (Fsp3) is 1.00. The number of ether oxygens (including phenoxy) is 1. The Hall–Kier alpha value is -0.160. The predicted molar refractivity (Wildman–Crippen MR) is 36.3 cm³/mol. The van der Waals surface area contributed by atoms with Crippen molar-refractivity contribution in [2.45, 2.75) is 6.29 Å². The van der Waals surface area contributed by atoms with Crippen LogP contribution in [0.3, 0.4) is 0 Å². The van der Waals surface area contributed by atoms with Crippen molar-refractivity contribution >= 4 is 0 Å². The van der Waals surface area contributed by atoms with Crippen LogP contribution >= 0.6 is 0 Å². The van der Waals surface area contributed by atoms with Crippen LogP contribution in [-0.2, 0) is 4.74 Å². The molecule has 0 spiro atoms.